The number of aryl methyl sites for hydroxylation is 1. The SMILES string of the molecule is CCc1nc(C2CCCN2C(=O)c2csc(COC)n2)no1. The van der Waals surface area contributed by atoms with Crippen LogP contribution in [0.5, 0.6) is 0 Å². The molecule has 1 aliphatic rings. The zero-order chi connectivity index (χ0) is 15.5. The van der Waals surface area contributed by atoms with Crippen LogP contribution in [-0.4, -0.2) is 39.6 Å². The lowest BCUT2D eigenvalue weighted by Gasteiger charge is -2.21. The average Bonchev–Trinajstić information content (AvgIpc) is 3.26. The van der Waals surface area contributed by atoms with Crippen molar-refractivity contribution in [2.75, 3.05) is 13.7 Å². The van der Waals surface area contributed by atoms with E-state index in [-0.39, 0.29) is 11.9 Å². The van der Waals surface area contributed by atoms with Gasteiger partial charge in [0.05, 0.1) is 12.6 Å². The van der Waals surface area contributed by atoms with Gasteiger partial charge in [0.2, 0.25) is 5.89 Å². The normalized spacial score (nSPS) is 18.1. The fraction of sp³-hybridized carbons (Fsp3) is 0.571. The van der Waals surface area contributed by atoms with Crippen molar-refractivity contribution in [3.8, 4) is 0 Å². The molecule has 1 atom stereocenters. The summed E-state index contributed by atoms with van der Waals surface area (Å²) < 4.78 is 10.2. The number of amides is 1. The van der Waals surface area contributed by atoms with E-state index in [1.807, 2.05) is 6.92 Å². The van der Waals surface area contributed by atoms with Crippen LogP contribution in [0.15, 0.2) is 9.90 Å². The highest BCUT2D eigenvalue weighted by atomic mass is 32.1. The predicted octanol–water partition coefficient (Wildman–Crippen LogP) is 2.21. The number of thiazole rings is 1. The molecule has 0 bridgehead atoms. The second-order valence-electron chi connectivity index (χ2n) is 5.12. The van der Waals surface area contributed by atoms with E-state index in [4.69, 9.17) is 9.26 Å². The summed E-state index contributed by atoms with van der Waals surface area (Å²) in [5.74, 6) is 1.12. The zero-order valence-electron chi connectivity index (χ0n) is 12.6. The van der Waals surface area contributed by atoms with Crippen molar-refractivity contribution in [2.24, 2.45) is 0 Å². The van der Waals surface area contributed by atoms with Crippen molar-refractivity contribution in [1.29, 1.82) is 0 Å². The van der Waals surface area contributed by atoms with Crippen LogP contribution in [0.4, 0.5) is 0 Å². The second kappa shape index (κ2) is 6.53. The molecule has 0 aliphatic carbocycles. The lowest BCUT2D eigenvalue weighted by Crippen LogP contribution is -2.31. The van der Waals surface area contributed by atoms with Gasteiger partial charge in [-0.2, -0.15) is 4.98 Å². The van der Waals surface area contributed by atoms with Gasteiger partial charge >= 0.3 is 0 Å². The molecule has 1 saturated heterocycles. The van der Waals surface area contributed by atoms with Crippen LogP contribution in [0.1, 0.15) is 53.0 Å². The van der Waals surface area contributed by atoms with Gasteiger partial charge in [0.15, 0.2) is 5.82 Å². The summed E-state index contributed by atoms with van der Waals surface area (Å²) in [7, 11) is 1.61. The molecule has 0 spiro atoms. The van der Waals surface area contributed by atoms with Gasteiger partial charge in [-0.3, -0.25) is 4.79 Å². The molecule has 2 aromatic heterocycles. The Labute approximate surface area is 132 Å². The Morgan fingerprint density at radius 1 is 1.55 bits per heavy atom. The molecular weight excluding hydrogens is 304 g/mol. The molecule has 118 valence electrons. The average molecular weight is 322 g/mol. The van der Waals surface area contributed by atoms with Gasteiger partial charge in [-0.25, -0.2) is 4.98 Å². The molecule has 2 aromatic rings. The van der Waals surface area contributed by atoms with E-state index in [2.05, 4.69) is 15.1 Å². The minimum Gasteiger partial charge on any atom is -0.378 e. The molecule has 7 nitrogen and oxygen atoms in total. The highest BCUT2D eigenvalue weighted by molar-refractivity contribution is 7.09. The molecule has 0 N–H and O–H groups in total. The molecule has 0 radical (unpaired) electrons. The van der Waals surface area contributed by atoms with Crippen LogP contribution in [-0.2, 0) is 17.8 Å². The van der Waals surface area contributed by atoms with Crippen molar-refractivity contribution in [2.45, 2.75) is 38.8 Å². The molecule has 8 heteroatoms. The van der Waals surface area contributed by atoms with E-state index < -0.39 is 0 Å². The smallest absolute Gasteiger partial charge is 0.273 e. The topological polar surface area (TPSA) is 81.4 Å². The lowest BCUT2D eigenvalue weighted by molar-refractivity contribution is 0.0722. The molecule has 3 rings (SSSR count). The Morgan fingerprint density at radius 3 is 3.14 bits per heavy atom. The number of rotatable bonds is 5. The number of hydrogen-bond acceptors (Lipinski definition) is 7. The number of nitrogens with zero attached hydrogens (tertiary/aromatic N) is 4. The van der Waals surface area contributed by atoms with Gasteiger partial charge in [-0.1, -0.05) is 12.1 Å². The summed E-state index contributed by atoms with van der Waals surface area (Å²) in [4.78, 5) is 23.1. The maximum absolute atomic E-state index is 12.7. The quantitative estimate of drug-likeness (QED) is 0.839. The zero-order valence-corrected chi connectivity index (χ0v) is 13.4. The monoisotopic (exact) mass is 322 g/mol. The van der Waals surface area contributed by atoms with Crippen molar-refractivity contribution < 1.29 is 14.1 Å². The van der Waals surface area contributed by atoms with Crippen molar-refractivity contribution in [3.05, 3.63) is 27.8 Å². The number of likely N-dealkylation sites (tertiary alicyclic amines) is 1. The Morgan fingerprint density at radius 2 is 2.41 bits per heavy atom. The molecule has 0 aromatic carbocycles. The second-order valence-corrected chi connectivity index (χ2v) is 6.06. The number of carbonyl (C=O) groups is 1. The number of hydrogen-bond donors (Lipinski definition) is 0. The van der Waals surface area contributed by atoms with Crippen LogP contribution in [0.2, 0.25) is 0 Å². The fourth-order valence-electron chi connectivity index (χ4n) is 2.57. The first kappa shape index (κ1) is 15.1. The third kappa shape index (κ3) is 2.89. The summed E-state index contributed by atoms with van der Waals surface area (Å²) in [5.41, 5.74) is 0.461. The van der Waals surface area contributed by atoms with Crippen LogP contribution in [0.25, 0.3) is 0 Å². The molecule has 1 unspecified atom stereocenters. The largest absolute Gasteiger partial charge is 0.378 e. The van der Waals surface area contributed by atoms with Gasteiger partial charge in [-0.15, -0.1) is 11.3 Å². The maximum atomic E-state index is 12.7. The summed E-state index contributed by atoms with van der Waals surface area (Å²) in [6.45, 7) is 3.07. The first-order chi connectivity index (χ1) is 10.7. The van der Waals surface area contributed by atoms with Gasteiger partial charge in [0.1, 0.15) is 10.7 Å². The van der Waals surface area contributed by atoms with Crippen LogP contribution >= 0.6 is 11.3 Å². The third-order valence-electron chi connectivity index (χ3n) is 3.64. The molecular formula is C14H18N4O3S. The number of methoxy groups -OCH3 is 1. The van der Waals surface area contributed by atoms with E-state index in [9.17, 15) is 4.79 Å². The Balaban J connectivity index is 1.78. The standard InChI is InChI=1S/C14H18N4O3S/c1-3-11-16-13(17-21-11)10-5-4-6-18(10)14(19)9-8-22-12(15-9)7-20-2/h8,10H,3-7H2,1-2H3. The van der Waals surface area contributed by atoms with Crippen molar-refractivity contribution in [1.82, 2.24) is 20.0 Å². The molecule has 1 aliphatic heterocycles. The van der Waals surface area contributed by atoms with Gasteiger partial charge in [0.25, 0.3) is 5.91 Å². The van der Waals surface area contributed by atoms with Crippen LogP contribution < -0.4 is 0 Å². The predicted molar refractivity (Wildman–Crippen MR) is 79.5 cm³/mol. The Kier molecular flexibility index (Phi) is 4.49. The molecule has 1 amide bonds. The summed E-state index contributed by atoms with van der Waals surface area (Å²) in [6.07, 6.45) is 2.48. The maximum Gasteiger partial charge on any atom is 0.273 e. The number of carbonyl (C=O) groups excluding carboxylic acids is 1. The summed E-state index contributed by atoms with van der Waals surface area (Å²) in [5, 5.41) is 6.59. The fourth-order valence-corrected chi connectivity index (χ4v) is 3.31. The lowest BCUT2D eigenvalue weighted by atomic mass is 10.2. The van der Waals surface area contributed by atoms with E-state index >= 15 is 0 Å². The highest BCUT2D eigenvalue weighted by Crippen LogP contribution is 2.31. The van der Waals surface area contributed by atoms with Gasteiger partial charge in [-0.05, 0) is 12.8 Å². The van der Waals surface area contributed by atoms with Crippen molar-refractivity contribution in [3.63, 3.8) is 0 Å². The molecule has 3 heterocycles. The summed E-state index contributed by atoms with van der Waals surface area (Å²) >= 11 is 1.43. The number of ether oxygens (including phenoxy) is 1. The highest BCUT2D eigenvalue weighted by Gasteiger charge is 2.34. The first-order valence-corrected chi connectivity index (χ1v) is 8.17. The van der Waals surface area contributed by atoms with Crippen molar-refractivity contribution >= 4 is 17.2 Å². The Hall–Kier alpha value is -1.80. The van der Waals surface area contributed by atoms with Gasteiger partial charge < -0.3 is 14.2 Å². The minimum atomic E-state index is -0.121. The first-order valence-electron chi connectivity index (χ1n) is 7.29. The van der Waals surface area contributed by atoms with E-state index in [0.29, 0.717) is 37.0 Å². The summed E-state index contributed by atoms with van der Waals surface area (Å²) in [6, 6.07) is -0.121. The van der Waals surface area contributed by atoms with Gasteiger partial charge in [0, 0.05) is 25.5 Å². The molecule has 0 saturated carbocycles. The van der Waals surface area contributed by atoms with Crippen LogP contribution in [0.3, 0.4) is 0 Å². The molecule has 22 heavy (non-hydrogen) atoms. The molecule has 1 fully saturated rings. The minimum absolute atomic E-state index is 0.0797. The van der Waals surface area contributed by atoms with E-state index in [0.717, 1.165) is 17.8 Å². The van der Waals surface area contributed by atoms with E-state index in [1.54, 1.807) is 17.4 Å². The third-order valence-corrected chi connectivity index (χ3v) is 4.46. The van der Waals surface area contributed by atoms with Crippen LogP contribution in [0, 0.1) is 0 Å². The number of aromatic nitrogens is 3. The van der Waals surface area contributed by atoms with E-state index in [1.165, 1.54) is 11.3 Å². The Bertz CT molecular complexity index is 654.